The Morgan fingerprint density at radius 2 is 2.00 bits per heavy atom. The van der Waals surface area contributed by atoms with Crippen LogP contribution in [0.5, 0.6) is 0 Å². The largest absolute Gasteiger partial charge is 0.481 e. The van der Waals surface area contributed by atoms with Crippen LogP contribution in [0.3, 0.4) is 0 Å². The van der Waals surface area contributed by atoms with Crippen LogP contribution in [0, 0.1) is 0 Å². The molecular formula is C13H15Cl2NO3. The van der Waals surface area contributed by atoms with Gasteiger partial charge in [0.2, 0.25) is 5.91 Å². The van der Waals surface area contributed by atoms with Gasteiger partial charge in [-0.2, -0.15) is 0 Å². The van der Waals surface area contributed by atoms with Gasteiger partial charge in [0.15, 0.2) is 0 Å². The van der Waals surface area contributed by atoms with Gasteiger partial charge in [-0.1, -0.05) is 29.3 Å². The number of carbonyl (C=O) groups excluding carboxylic acids is 1. The first kappa shape index (κ1) is 15.8. The minimum Gasteiger partial charge on any atom is -0.481 e. The molecule has 0 bridgehead atoms. The van der Waals surface area contributed by atoms with Gasteiger partial charge in [0.1, 0.15) is 0 Å². The van der Waals surface area contributed by atoms with Crippen molar-refractivity contribution in [2.24, 2.45) is 0 Å². The van der Waals surface area contributed by atoms with Gasteiger partial charge in [-0.15, -0.1) is 0 Å². The monoisotopic (exact) mass is 303 g/mol. The van der Waals surface area contributed by atoms with Gasteiger partial charge in [0.05, 0.1) is 12.8 Å². The molecule has 0 spiro atoms. The molecule has 0 aromatic heterocycles. The molecule has 0 atom stereocenters. The zero-order valence-corrected chi connectivity index (χ0v) is 12.0. The second-order valence-corrected chi connectivity index (χ2v) is 4.87. The van der Waals surface area contributed by atoms with E-state index >= 15 is 0 Å². The fourth-order valence-corrected chi connectivity index (χ4v) is 2.10. The van der Waals surface area contributed by atoms with Gasteiger partial charge in [0.25, 0.3) is 0 Å². The van der Waals surface area contributed by atoms with E-state index in [-0.39, 0.29) is 25.3 Å². The van der Waals surface area contributed by atoms with Crippen molar-refractivity contribution in [3.05, 3.63) is 33.8 Å². The SMILES string of the molecule is CCN(CCC(=O)O)C(=O)Cc1ccc(Cl)cc1Cl. The van der Waals surface area contributed by atoms with Crippen LogP contribution < -0.4 is 0 Å². The van der Waals surface area contributed by atoms with Gasteiger partial charge < -0.3 is 10.0 Å². The summed E-state index contributed by atoms with van der Waals surface area (Å²) in [5.41, 5.74) is 0.685. The molecule has 0 aliphatic heterocycles. The third-order valence-electron chi connectivity index (χ3n) is 2.69. The third-order valence-corrected chi connectivity index (χ3v) is 3.27. The molecule has 1 N–H and O–H groups in total. The normalized spacial score (nSPS) is 10.3. The van der Waals surface area contributed by atoms with Crippen molar-refractivity contribution in [1.82, 2.24) is 4.90 Å². The highest BCUT2D eigenvalue weighted by molar-refractivity contribution is 6.35. The van der Waals surface area contributed by atoms with Crippen molar-refractivity contribution in [1.29, 1.82) is 0 Å². The number of amides is 1. The number of halogens is 2. The molecule has 19 heavy (non-hydrogen) atoms. The lowest BCUT2D eigenvalue weighted by atomic mass is 10.1. The molecule has 4 nitrogen and oxygen atoms in total. The lowest BCUT2D eigenvalue weighted by Gasteiger charge is -2.20. The standard InChI is InChI=1S/C13H15Cl2NO3/c1-2-16(6-5-13(18)19)12(17)7-9-3-4-10(14)8-11(9)15/h3-4,8H,2,5-7H2,1H3,(H,18,19). The highest BCUT2D eigenvalue weighted by Gasteiger charge is 2.15. The zero-order valence-electron chi connectivity index (χ0n) is 10.5. The Bertz CT molecular complexity index is 477. The molecule has 0 saturated heterocycles. The summed E-state index contributed by atoms with van der Waals surface area (Å²) in [5.74, 6) is -1.07. The molecule has 0 aliphatic rings. The maximum absolute atomic E-state index is 12.0. The molecule has 0 aliphatic carbocycles. The Hall–Kier alpha value is -1.26. The van der Waals surface area contributed by atoms with E-state index in [0.717, 1.165) is 0 Å². The molecule has 1 aromatic carbocycles. The van der Waals surface area contributed by atoms with Crippen molar-refractivity contribution in [2.45, 2.75) is 19.8 Å². The molecule has 0 radical (unpaired) electrons. The Kier molecular flexibility index (Phi) is 6.12. The maximum atomic E-state index is 12.0. The predicted octanol–water partition coefficient (Wildman–Crippen LogP) is 2.86. The van der Waals surface area contributed by atoms with E-state index in [4.69, 9.17) is 28.3 Å². The quantitative estimate of drug-likeness (QED) is 0.879. The number of rotatable bonds is 6. The van der Waals surface area contributed by atoms with E-state index in [1.807, 2.05) is 6.92 Å². The Morgan fingerprint density at radius 1 is 1.32 bits per heavy atom. The summed E-state index contributed by atoms with van der Waals surface area (Å²) >= 11 is 11.8. The van der Waals surface area contributed by atoms with Crippen molar-refractivity contribution in [3.63, 3.8) is 0 Å². The number of carbonyl (C=O) groups is 2. The first-order chi connectivity index (χ1) is 8.93. The van der Waals surface area contributed by atoms with E-state index < -0.39 is 5.97 Å². The molecule has 0 saturated carbocycles. The van der Waals surface area contributed by atoms with Crippen LogP contribution in [0.1, 0.15) is 18.9 Å². The summed E-state index contributed by atoms with van der Waals surface area (Å²) in [6.07, 6.45) is 0.0807. The number of nitrogens with zero attached hydrogens (tertiary/aromatic N) is 1. The fraction of sp³-hybridized carbons (Fsp3) is 0.385. The number of hydrogen-bond acceptors (Lipinski definition) is 2. The van der Waals surface area contributed by atoms with Crippen LogP contribution in [0.15, 0.2) is 18.2 Å². The molecule has 1 amide bonds. The minimum atomic E-state index is -0.921. The molecule has 0 heterocycles. The van der Waals surface area contributed by atoms with E-state index in [0.29, 0.717) is 22.2 Å². The Balaban J connectivity index is 2.68. The second-order valence-electron chi connectivity index (χ2n) is 4.03. The van der Waals surface area contributed by atoms with Crippen molar-refractivity contribution < 1.29 is 14.7 Å². The van der Waals surface area contributed by atoms with Crippen molar-refractivity contribution in [2.75, 3.05) is 13.1 Å². The van der Waals surface area contributed by atoms with Crippen LogP contribution in [0.25, 0.3) is 0 Å². The molecule has 0 fully saturated rings. The number of carboxylic acid groups (broad SMARTS) is 1. The lowest BCUT2D eigenvalue weighted by Crippen LogP contribution is -2.34. The molecule has 0 unspecified atom stereocenters. The van der Waals surface area contributed by atoms with E-state index in [2.05, 4.69) is 0 Å². The van der Waals surface area contributed by atoms with Crippen molar-refractivity contribution in [3.8, 4) is 0 Å². The smallest absolute Gasteiger partial charge is 0.305 e. The number of carboxylic acids is 1. The van der Waals surface area contributed by atoms with Crippen LogP contribution in [-0.4, -0.2) is 35.0 Å². The molecule has 6 heteroatoms. The summed E-state index contributed by atoms with van der Waals surface area (Å²) in [5, 5.41) is 9.58. The molecular weight excluding hydrogens is 289 g/mol. The number of aliphatic carboxylic acids is 1. The van der Waals surface area contributed by atoms with Gasteiger partial charge in [-0.3, -0.25) is 9.59 Å². The van der Waals surface area contributed by atoms with Gasteiger partial charge in [-0.25, -0.2) is 0 Å². The molecule has 1 rings (SSSR count). The first-order valence-corrected chi connectivity index (χ1v) is 6.63. The number of hydrogen-bond donors (Lipinski definition) is 1. The van der Waals surface area contributed by atoms with Crippen LogP contribution >= 0.6 is 23.2 Å². The second kappa shape index (κ2) is 7.36. The zero-order chi connectivity index (χ0) is 14.4. The summed E-state index contributed by atoms with van der Waals surface area (Å²) in [6.45, 7) is 2.48. The topological polar surface area (TPSA) is 57.6 Å². The summed E-state index contributed by atoms with van der Waals surface area (Å²) in [7, 11) is 0. The van der Waals surface area contributed by atoms with E-state index in [1.165, 1.54) is 4.90 Å². The summed E-state index contributed by atoms with van der Waals surface area (Å²) in [4.78, 5) is 24.1. The van der Waals surface area contributed by atoms with Crippen LogP contribution in [-0.2, 0) is 16.0 Å². The molecule has 104 valence electrons. The fourth-order valence-electron chi connectivity index (χ4n) is 1.63. The Labute approximate surface area is 121 Å². The predicted molar refractivity (Wildman–Crippen MR) is 74.7 cm³/mol. The molecule has 1 aromatic rings. The van der Waals surface area contributed by atoms with E-state index in [9.17, 15) is 9.59 Å². The van der Waals surface area contributed by atoms with E-state index in [1.54, 1.807) is 18.2 Å². The van der Waals surface area contributed by atoms with Crippen LogP contribution in [0.2, 0.25) is 10.0 Å². The summed E-state index contributed by atoms with van der Waals surface area (Å²) in [6, 6.07) is 4.95. The highest BCUT2D eigenvalue weighted by atomic mass is 35.5. The maximum Gasteiger partial charge on any atom is 0.305 e. The van der Waals surface area contributed by atoms with Gasteiger partial charge in [-0.05, 0) is 24.6 Å². The number of likely N-dealkylation sites (N-methyl/N-ethyl adjacent to an activating group) is 1. The minimum absolute atomic E-state index is 0.0616. The third kappa shape index (κ3) is 5.09. The average molecular weight is 304 g/mol. The van der Waals surface area contributed by atoms with Crippen molar-refractivity contribution >= 4 is 35.1 Å². The Morgan fingerprint density at radius 3 is 2.53 bits per heavy atom. The first-order valence-electron chi connectivity index (χ1n) is 5.87. The average Bonchev–Trinajstić information content (AvgIpc) is 2.33. The van der Waals surface area contributed by atoms with Crippen LogP contribution in [0.4, 0.5) is 0 Å². The summed E-state index contributed by atoms with van der Waals surface area (Å²) < 4.78 is 0. The highest BCUT2D eigenvalue weighted by Crippen LogP contribution is 2.21. The van der Waals surface area contributed by atoms with Gasteiger partial charge >= 0.3 is 5.97 Å². The lowest BCUT2D eigenvalue weighted by molar-refractivity contribution is -0.138. The van der Waals surface area contributed by atoms with Gasteiger partial charge in [0, 0.05) is 23.1 Å². The number of benzene rings is 1.